The normalized spacial score (nSPS) is 21.9. The highest BCUT2D eigenvalue weighted by Gasteiger charge is 2.30. The summed E-state index contributed by atoms with van der Waals surface area (Å²) >= 11 is 0. The number of carbonyl (C=O) groups is 1. The summed E-state index contributed by atoms with van der Waals surface area (Å²) in [6.45, 7) is 8.73. The Kier molecular flexibility index (Phi) is 3.31. The van der Waals surface area contributed by atoms with E-state index in [1.165, 1.54) is 0 Å². The summed E-state index contributed by atoms with van der Waals surface area (Å²) in [6, 6.07) is 1.98. The maximum Gasteiger partial charge on any atom is 0.228 e. The van der Waals surface area contributed by atoms with Crippen molar-refractivity contribution in [2.75, 3.05) is 11.4 Å². The molecule has 0 saturated carbocycles. The number of rotatable bonds is 4. The number of hydrogen-bond donors (Lipinski definition) is 1. The van der Waals surface area contributed by atoms with E-state index in [4.69, 9.17) is 0 Å². The molecule has 0 aromatic carbocycles. The molecule has 1 saturated heterocycles. The van der Waals surface area contributed by atoms with Crippen LogP contribution in [0.5, 0.6) is 0 Å². The minimum absolute atomic E-state index is 0.136. The van der Waals surface area contributed by atoms with Gasteiger partial charge in [0.15, 0.2) is 5.82 Å². The lowest BCUT2D eigenvalue weighted by atomic mass is 10.1. The molecule has 4 nitrogen and oxygen atoms in total. The van der Waals surface area contributed by atoms with Gasteiger partial charge in [-0.3, -0.25) is 14.8 Å². The predicted octanol–water partition coefficient (Wildman–Crippen LogP) is 2.46. The average Bonchev–Trinajstić information content (AvgIpc) is 2.94. The molecule has 1 aliphatic rings. The monoisotopic (exact) mass is 233 g/mol. The third-order valence-corrected chi connectivity index (χ3v) is 3.49. The lowest BCUT2D eigenvalue weighted by Crippen LogP contribution is -2.24. The Morgan fingerprint density at radius 2 is 2.53 bits per heavy atom. The molecule has 0 spiro atoms. The van der Waals surface area contributed by atoms with Gasteiger partial charge in [-0.2, -0.15) is 5.10 Å². The fourth-order valence-corrected chi connectivity index (χ4v) is 2.05. The van der Waals surface area contributed by atoms with Crippen LogP contribution in [0.3, 0.4) is 0 Å². The molecule has 2 rings (SSSR count). The van der Waals surface area contributed by atoms with Gasteiger partial charge in [-0.25, -0.2) is 0 Å². The first-order chi connectivity index (χ1) is 8.15. The van der Waals surface area contributed by atoms with Crippen LogP contribution in [0, 0.1) is 5.92 Å². The number of H-pyrrole nitrogens is 1. The Morgan fingerprint density at radius 3 is 3.12 bits per heavy atom. The van der Waals surface area contributed by atoms with E-state index in [-0.39, 0.29) is 11.8 Å². The second-order valence-corrected chi connectivity index (χ2v) is 4.70. The molecule has 17 heavy (non-hydrogen) atoms. The van der Waals surface area contributed by atoms with E-state index >= 15 is 0 Å². The molecular formula is C13H19N3O. The first-order valence-corrected chi connectivity index (χ1v) is 6.14. The van der Waals surface area contributed by atoms with E-state index in [1.54, 1.807) is 4.90 Å². The summed E-state index contributed by atoms with van der Waals surface area (Å²) < 4.78 is 0. The molecule has 1 aliphatic heterocycles. The first kappa shape index (κ1) is 11.9. The molecule has 0 bridgehead atoms. The molecule has 1 amide bonds. The van der Waals surface area contributed by atoms with Crippen LogP contribution in [0.15, 0.2) is 18.7 Å². The zero-order valence-corrected chi connectivity index (χ0v) is 10.4. The third kappa shape index (κ3) is 2.25. The number of hydrogen-bond acceptors (Lipinski definition) is 2. The topological polar surface area (TPSA) is 49.0 Å². The molecule has 0 radical (unpaired) electrons. The van der Waals surface area contributed by atoms with Crippen molar-refractivity contribution in [3.63, 3.8) is 0 Å². The molecule has 1 fully saturated rings. The maximum absolute atomic E-state index is 11.8. The number of nitrogens with one attached hydrogen (secondary N) is 1. The summed E-state index contributed by atoms with van der Waals surface area (Å²) in [4.78, 5) is 13.6. The highest BCUT2D eigenvalue weighted by Crippen LogP contribution is 2.26. The molecule has 4 heteroatoms. The van der Waals surface area contributed by atoms with Crippen molar-refractivity contribution < 1.29 is 4.79 Å². The van der Waals surface area contributed by atoms with Gasteiger partial charge in [0.1, 0.15) is 0 Å². The van der Waals surface area contributed by atoms with E-state index in [2.05, 4.69) is 30.6 Å². The molecular weight excluding hydrogens is 214 g/mol. The number of aromatic nitrogens is 2. The maximum atomic E-state index is 11.8. The number of carbonyl (C=O) groups excluding carboxylic acids is 1. The smallest absolute Gasteiger partial charge is 0.228 e. The Bertz CT molecular complexity index is 424. The van der Waals surface area contributed by atoms with Gasteiger partial charge in [-0.1, -0.05) is 19.9 Å². The molecule has 2 atom stereocenters. The van der Waals surface area contributed by atoms with Crippen molar-refractivity contribution in [1.29, 1.82) is 0 Å². The van der Waals surface area contributed by atoms with Crippen LogP contribution in [0.4, 0.5) is 5.82 Å². The predicted molar refractivity (Wildman–Crippen MR) is 68.0 cm³/mol. The SMILES string of the molecule is C=CC1CC(=O)N(c2cc(C(C)CC)[nH]n2)C1. The minimum Gasteiger partial charge on any atom is -0.295 e. The minimum atomic E-state index is 0.136. The quantitative estimate of drug-likeness (QED) is 0.812. The van der Waals surface area contributed by atoms with E-state index in [9.17, 15) is 4.79 Å². The van der Waals surface area contributed by atoms with Crippen LogP contribution in [0.2, 0.25) is 0 Å². The van der Waals surface area contributed by atoms with Gasteiger partial charge in [0, 0.05) is 30.6 Å². The van der Waals surface area contributed by atoms with Crippen LogP contribution < -0.4 is 4.90 Å². The van der Waals surface area contributed by atoms with Gasteiger partial charge in [-0.15, -0.1) is 6.58 Å². The molecule has 2 unspecified atom stereocenters. The number of nitrogens with zero attached hydrogens (tertiary/aromatic N) is 2. The molecule has 2 heterocycles. The van der Waals surface area contributed by atoms with Crippen LogP contribution in [-0.2, 0) is 4.79 Å². The average molecular weight is 233 g/mol. The van der Waals surface area contributed by atoms with Crippen molar-refractivity contribution in [3.8, 4) is 0 Å². The molecule has 1 N–H and O–H groups in total. The third-order valence-electron chi connectivity index (χ3n) is 3.49. The summed E-state index contributed by atoms with van der Waals surface area (Å²) in [6.07, 6.45) is 3.46. The Morgan fingerprint density at radius 1 is 1.76 bits per heavy atom. The Balaban J connectivity index is 2.15. The van der Waals surface area contributed by atoms with E-state index in [1.807, 2.05) is 12.1 Å². The molecule has 1 aromatic heterocycles. The Labute approximate surface area is 102 Å². The summed E-state index contributed by atoms with van der Waals surface area (Å²) in [5, 5.41) is 7.25. The lowest BCUT2D eigenvalue weighted by molar-refractivity contribution is -0.117. The van der Waals surface area contributed by atoms with Gasteiger partial charge >= 0.3 is 0 Å². The zero-order valence-electron chi connectivity index (χ0n) is 10.4. The molecule has 0 aliphatic carbocycles. The molecule has 1 aromatic rings. The fraction of sp³-hybridized carbons (Fsp3) is 0.538. The van der Waals surface area contributed by atoms with Crippen molar-refractivity contribution in [2.24, 2.45) is 5.92 Å². The number of anilines is 1. The first-order valence-electron chi connectivity index (χ1n) is 6.14. The summed E-state index contributed by atoms with van der Waals surface area (Å²) in [7, 11) is 0. The van der Waals surface area contributed by atoms with Crippen LogP contribution in [-0.4, -0.2) is 22.6 Å². The zero-order chi connectivity index (χ0) is 12.4. The van der Waals surface area contributed by atoms with Crippen LogP contribution in [0.25, 0.3) is 0 Å². The van der Waals surface area contributed by atoms with Gasteiger partial charge in [-0.05, 0) is 12.3 Å². The molecule has 92 valence electrons. The van der Waals surface area contributed by atoms with Gasteiger partial charge in [0.05, 0.1) is 0 Å². The van der Waals surface area contributed by atoms with Crippen molar-refractivity contribution in [1.82, 2.24) is 10.2 Å². The van der Waals surface area contributed by atoms with Gasteiger partial charge in [0.2, 0.25) is 5.91 Å². The largest absolute Gasteiger partial charge is 0.295 e. The number of aromatic amines is 1. The standard InChI is InChI=1S/C13H19N3O/c1-4-9(3)11-7-12(15-14-11)16-8-10(5-2)6-13(16)17/h5,7,9-10H,2,4,6,8H2,1,3H3,(H,14,15). The highest BCUT2D eigenvalue weighted by molar-refractivity contribution is 5.95. The second kappa shape index (κ2) is 4.73. The van der Waals surface area contributed by atoms with E-state index < -0.39 is 0 Å². The summed E-state index contributed by atoms with van der Waals surface area (Å²) in [5.41, 5.74) is 1.09. The van der Waals surface area contributed by atoms with Gasteiger partial charge < -0.3 is 0 Å². The van der Waals surface area contributed by atoms with Crippen LogP contribution in [0.1, 0.15) is 38.3 Å². The summed E-state index contributed by atoms with van der Waals surface area (Å²) in [5.74, 6) is 1.59. The van der Waals surface area contributed by atoms with Gasteiger partial charge in [0.25, 0.3) is 0 Å². The van der Waals surface area contributed by atoms with Crippen LogP contribution >= 0.6 is 0 Å². The lowest BCUT2D eigenvalue weighted by Gasteiger charge is -2.11. The van der Waals surface area contributed by atoms with Crippen molar-refractivity contribution >= 4 is 11.7 Å². The van der Waals surface area contributed by atoms with Crippen molar-refractivity contribution in [3.05, 3.63) is 24.4 Å². The highest BCUT2D eigenvalue weighted by atomic mass is 16.2. The number of amides is 1. The van der Waals surface area contributed by atoms with E-state index in [0.717, 1.165) is 17.9 Å². The second-order valence-electron chi connectivity index (χ2n) is 4.70. The van der Waals surface area contributed by atoms with E-state index in [0.29, 0.717) is 18.9 Å². The fourth-order valence-electron chi connectivity index (χ4n) is 2.05. The van der Waals surface area contributed by atoms with Crippen molar-refractivity contribution in [2.45, 2.75) is 32.6 Å². The Hall–Kier alpha value is -1.58.